The molecule has 0 aliphatic heterocycles. The molecule has 1 nitrogen and oxygen atoms in total. The Balaban J connectivity index is 2.46. The molecule has 2 rings (SSSR count). The van der Waals surface area contributed by atoms with Crippen molar-refractivity contribution < 1.29 is 5.11 Å². The first-order valence-electron chi connectivity index (χ1n) is 6.12. The zero-order chi connectivity index (χ0) is 13.1. The number of aliphatic hydroxyl groups is 1. The number of benzene rings is 2. The van der Waals surface area contributed by atoms with Crippen LogP contribution in [0.1, 0.15) is 42.6 Å². The smallest absolute Gasteiger partial charge is 0.105 e. The van der Waals surface area contributed by atoms with E-state index >= 15 is 0 Å². The lowest BCUT2D eigenvalue weighted by Crippen LogP contribution is -2.05. The lowest BCUT2D eigenvalue weighted by Gasteiger charge is -2.19. The van der Waals surface area contributed by atoms with Gasteiger partial charge in [0.15, 0.2) is 0 Å². The topological polar surface area (TPSA) is 20.2 Å². The zero-order valence-electron chi connectivity index (χ0n) is 10.6. The maximum atomic E-state index is 10.6. The lowest BCUT2D eigenvalue weighted by atomic mass is 9.91. The van der Waals surface area contributed by atoms with Crippen molar-refractivity contribution in [1.29, 1.82) is 0 Å². The summed E-state index contributed by atoms with van der Waals surface area (Å²) >= 11 is 3.50. The molecule has 0 fully saturated rings. The van der Waals surface area contributed by atoms with Crippen LogP contribution in [0.25, 0.3) is 0 Å². The van der Waals surface area contributed by atoms with Crippen molar-refractivity contribution in [3.63, 3.8) is 0 Å². The molecule has 2 aromatic carbocycles. The Morgan fingerprint density at radius 2 is 1.33 bits per heavy atom. The summed E-state index contributed by atoms with van der Waals surface area (Å²) in [5, 5.41) is 10.6. The van der Waals surface area contributed by atoms with Crippen molar-refractivity contribution in [3.8, 4) is 0 Å². The molecule has 2 heteroatoms. The molecule has 0 saturated heterocycles. The van der Waals surface area contributed by atoms with Crippen LogP contribution in [0, 0.1) is 0 Å². The van der Waals surface area contributed by atoms with Crippen molar-refractivity contribution in [3.05, 3.63) is 69.7 Å². The van der Waals surface area contributed by atoms with Crippen LogP contribution in [-0.2, 0) is 0 Å². The van der Waals surface area contributed by atoms with Crippen LogP contribution < -0.4 is 0 Å². The van der Waals surface area contributed by atoms with Crippen LogP contribution in [0.5, 0.6) is 0 Å². The maximum absolute atomic E-state index is 10.6. The van der Waals surface area contributed by atoms with Gasteiger partial charge in [-0.1, -0.05) is 72.2 Å². The molecule has 0 aliphatic carbocycles. The maximum Gasteiger partial charge on any atom is 0.105 e. The summed E-state index contributed by atoms with van der Waals surface area (Å²) in [6.45, 7) is 4.29. The molecule has 0 radical (unpaired) electrons. The fraction of sp³-hybridized carbons (Fsp3) is 0.250. The van der Waals surface area contributed by atoms with Gasteiger partial charge >= 0.3 is 0 Å². The van der Waals surface area contributed by atoms with Crippen molar-refractivity contribution >= 4 is 15.9 Å². The second-order valence-electron chi connectivity index (χ2n) is 4.71. The van der Waals surface area contributed by atoms with Gasteiger partial charge < -0.3 is 5.11 Å². The van der Waals surface area contributed by atoms with Crippen LogP contribution in [0.15, 0.2) is 53.0 Å². The zero-order valence-corrected chi connectivity index (χ0v) is 12.2. The number of hydrogen-bond donors (Lipinski definition) is 1. The monoisotopic (exact) mass is 304 g/mol. The highest BCUT2D eigenvalue weighted by Crippen LogP contribution is 2.32. The highest BCUT2D eigenvalue weighted by molar-refractivity contribution is 9.10. The van der Waals surface area contributed by atoms with E-state index in [1.54, 1.807) is 0 Å². The van der Waals surface area contributed by atoms with E-state index in [2.05, 4.69) is 35.8 Å². The van der Waals surface area contributed by atoms with E-state index in [4.69, 9.17) is 0 Å². The first-order valence-corrected chi connectivity index (χ1v) is 6.92. The molecule has 0 spiro atoms. The van der Waals surface area contributed by atoms with Crippen LogP contribution >= 0.6 is 15.9 Å². The summed E-state index contributed by atoms with van der Waals surface area (Å²) in [5.41, 5.74) is 3.09. The summed E-state index contributed by atoms with van der Waals surface area (Å²) < 4.78 is 0.941. The van der Waals surface area contributed by atoms with Gasteiger partial charge in [0.2, 0.25) is 0 Å². The number of hydrogen-bond acceptors (Lipinski definition) is 1. The minimum atomic E-state index is -0.584. The predicted molar refractivity (Wildman–Crippen MR) is 78.7 cm³/mol. The minimum Gasteiger partial charge on any atom is -0.384 e. The molecule has 0 aliphatic rings. The molecule has 1 N–H and O–H groups in total. The van der Waals surface area contributed by atoms with Gasteiger partial charge in [0.1, 0.15) is 6.10 Å². The second kappa shape index (κ2) is 5.68. The van der Waals surface area contributed by atoms with E-state index < -0.39 is 6.10 Å². The van der Waals surface area contributed by atoms with Crippen molar-refractivity contribution in [1.82, 2.24) is 0 Å². The highest BCUT2D eigenvalue weighted by Gasteiger charge is 2.17. The van der Waals surface area contributed by atoms with Gasteiger partial charge in [-0.25, -0.2) is 0 Å². The van der Waals surface area contributed by atoms with Gasteiger partial charge in [-0.05, 0) is 28.7 Å². The van der Waals surface area contributed by atoms with Gasteiger partial charge in [-0.15, -0.1) is 0 Å². The summed E-state index contributed by atoms with van der Waals surface area (Å²) in [7, 11) is 0. The quantitative estimate of drug-likeness (QED) is 0.875. The Morgan fingerprint density at radius 3 is 1.89 bits per heavy atom. The van der Waals surface area contributed by atoms with Gasteiger partial charge in [0.05, 0.1) is 0 Å². The molecule has 0 heterocycles. The molecule has 0 bridgehead atoms. The third-order valence-electron chi connectivity index (χ3n) is 3.11. The van der Waals surface area contributed by atoms with E-state index in [1.807, 2.05) is 42.5 Å². The Hall–Kier alpha value is -1.12. The van der Waals surface area contributed by atoms with E-state index in [-0.39, 0.29) is 0 Å². The second-order valence-corrected chi connectivity index (χ2v) is 5.56. The molecule has 0 unspecified atom stereocenters. The van der Waals surface area contributed by atoms with Gasteiger partial charge in [-0.3, -0.25) is 0 Å². The average Bonchev–Trinajstić information content (AvgIpc) is 2.38. The van der Waals surface area contributed by atoms with Crippen LogP contribution in [0.4, 0.5) is 0 Å². The van der Waals surface area contributed by atoms with E-state index in [1.165, 1.54) is 5.56 Å². The van der Waals surface area contributed by atoms with Crippen molar-refractivity contribution in [2.75, 3.05) is 0 Å². The largest absolute Gasteiger partial charge is 0.384 e. The van der Waals surface area contributed by atoms with Gasteiger partial charge in [0, 0.05) is 4.47 Å². The number of halogens is 1. The van der Waals surface area contributed by atoms with E-state index in [0.717, 1.165) is 15.6 Å². The summed E-state index contributed by atoms with van der Waals surface area (Å²) in [6.07, 6.45) is -0.584. The van der Waals surface area contributed by atoms with Gasteiger partial charge in [0.25, 0.3) is 0 Å². The van der Waals surface area contributed by atoms with Crippen molar-refractivity contribution in [2.45, 2.75) is 25.9 Å². The Morgan fingerprint density at radius 1 is 0.833 bits per heavy atom. The third-order valence-corrected chi connectivity index (χ3v) is 3.83. The Kier molecular flexibility index (Phi) is 4.20. The molecular formula is C16H17BrO. The molecule has 0 amide bonds. The average molecular weight is 305 g/mol. The molecule has 0 saturated carbocycles. The minimum absolute atomic E-state index is 0.401. The molecular weight excluding hydrogens is 288 g/mol. The fourth-order valence-corrected chi connectivity index (χ4v) is 2.65. The van der Waals surface area contributed by atoms with E-state index in [9.17, 15) is 5.11 Å². The van der Waals surface area contributed by atoms with E-state index in [0.29, 0.717) is 5.92 Å². The van der Waals surface area contributed by atoms with Gasteiger partial charge in [-0.2, -0.15) is 0 Å². The highest BCUT2D eigenvalue weighted by atomic mass is 79.9. The fourth-order valence-electron chi connectivity index (χ4n) is 2.15. The van der Waals surface area contributed by atoms with Crippen molar-refractivity contribution in [2.24, 2.45) is 0 Å². The predicted octanol–water partition coefficient (Wildman–Crippen LogP) is 4.65. The standard InChI is InChI=1S/C16H17BrO/c1-11(2)12-7-3-4-8-13(12)16(18)14-9-5-6-10-15(14)17/h3-11,16,18H,1-2H3/t16-/m1/s1. The first kappa shape index (κ1) is 13.3. The lowest BCUT2D eigenvalue weighted by molar-refractivity contribution is 0.218. The Bertz CT molecular complexity index is 534. The van der Waals surface area contributed by atoms with Crippen LogP contribution in [-0.4, -0.2) is 5.11 Å². The molecule has 1 atom stereocenters. The summed E-state index contributed by atoms with van der Waals surface area (Å²) in [6, 6.07) is 15.9. The van der Waals surface area contributed by atoms with Crippen LogP contribution in [0.2, 0.25) is 0 Å². The molecule has 94 valence electrons. The number of aliphatic hydroxyl groups excluding tert-OH is 1. The molecule has 0 aromatic heterocycles. The van der Waals surface area contributed by atoms with Crippen LogP contribution in [0.3, 0.4) is 0 Å². The third kappa shape index (κ3) is 2.65. The Labute approximate surface area is 117 Å². The summed E-state index contributed by atoms with van der Waals surface area (Å²) in [5.74, 6) is 0.401. The molecule has 18 heavy (non-hydrogen) atoms. The first-order chi connectivity index (χ1) is 8.61. The summed E-state index contributed by atoms with van der Waals surface area (Å²) in [4.78, 5) is 0. The molecule has 2 aromatic rings. The number of rotatable bonds is 3. The normalized spacial score (nSPS) is 12.7. The SMILES string of the molecule is CC(C)c1ccccc1[C@@H](O)c1ccccc1Br.